The molecule has 0 spiro atoms. The van der Waals surface area contributed by atoms with Gasteiger partial charge in [0.05, 0.1) is 0 Å². The van der Waals surface area contributed by atoms with Gasteiger partial charge in [-0.1, -0.05) is 18.2 Å². The SMILES string of the molecule is CC(=O)C(=O)NCC1(c2ccccc2F)CC1. The van der Waals surface area contributed by atoms with E-state index in [-0.39, 0.29) is 11.2 Å². The normalized spacial score (nSPS) is 16.4. The predicted octanol–water partition coefficient (Wildman–Crippen LogP) is 1.56. The zero-order valence-electron chi connectivity index (χ0n) is 9.63. The Labute approximate surface area is 99.0 Å². The topological polar surface area (TPSA) is 46.2 Å². The molecule has 0 aromatic heterocycles. The first-order valence-electron chi connectivity index (χ1n) is 5.59. The van der Waals surface area contributed by atoms with Crippen LogP contribution in [0.1, 0.15) is 25.3 Å². The zero-order valence-corrected chi connectivity index (χ0v) is 9.63. The summed E-state index contributed by atoms with van der Waals surface area (Å²) < 4.78 is 13.6. The second-order valence-electron chi connectivity index (χ2n) is 4.50. The number of carbonyl (C=O) groups is 2. The number of amides is 1. The van der Waals surface area contributed by atoms with E-state index in [1.807, 2.05) is 0 Å². The Morgan fingerprint density at radius 1 is 1.35 bits per heavy atom. The minimum Gasteiger partial charge on any atom is -0.349 e. The van der Waals surface area contributed by atoms with Gasteiger partial charge in [0, 0.05) is 18.9 Å². The molecule has 0 unspecified atom stereocenters. The second-order valence-corrected chi connectivity index (χ2v) is 4.50. The molecule has 0 aliphatic heterocycles. The van der Waals surface area contributed by atoms with Crippen molar-refractivity contribution < 1.29 is 14.0 Å². The van der Waals surface area contributed by atoms with E-state index in [1.165, 1.54) is 13.0 Å². The molecule has 0 radical (unpaired) electrons. The van der Waals surface area contributed by atoms with Crippen LogP contribution in [0.2, 0.25) is 0 Å². The van der Waals surface area contributed by atoms with E-state index in [0.29, 0.717) is 12.1 Å². The first-order chi connectivity index (χ1) is 8.05. The molecule has 2 rings (SSSR count). The summed E-state index contributed by atoms with van der Waals surface area (Å²) >= 11 is 0. The van der Waals surface area contributed by atoms with E-state index in [4.69, 9.17) is 0 Å². The largest absolute Gasteiger partial charge is 0.349 e. The number of benzene rings is 1. The molecule has 1 aliphatic carbocycles. The molecule has 1 fully saturated rings. The van der Waals surface area contributed by atoms with Crippen LogP contribution in [-0.2, 0) is 15.0 Å². The summed E-state index contributed by atoms with van der Waals surface area (Å²) in [7, 11) is 0. The van der Waals surface area contributed by atoms with Crippen LogP contribution in [0.3, 0.4) is 0 Å². The molecular formula is C13H14FNO2. The van der Waals surface area contributed by atoms with Gasteiger partial charge in [0.25, 0.3) is 5.91 Å². The maximum atomic E-state index is 13.6. The number of halogens is 1. The molecule has 17 heavy (non-hydrogen) atoms. The highest BCUT2D eigenvalue weighted by Crippen LogP contribution is 2.48. The van der Waals surface area contributed by atoms with Gasteiger partial charge in [-0.3, -0.25) is 9.59 Å². The van der Waals surface area contributed by atoms with Crippen molar-refractivity contribution in [1.29, 1.82) is 0 Å². The molecule has 1 amide bonds. The average molecular weight is 235 g/mol. The van der Waals surface area contributed by atoms with Crippen molar-refractivity contribution in [3.63, 3.8) is 0 Å². The molecule has 1 aliphatic rings. The molecule has 1 N–H and O–H groups in total. The molecular weight excluding hydrogens is 221 g/mol. The number of rotatable bonds is 4. The maximum Gasteiger partial charge on any atom is 0.287 e. The quantitative estimate of drug-likeness (QED) is 0.805. The monoisotopic (exact) mass is 235 g/mol. The Morgan fingerprint density at radius 3 is 2.53 bits per heavy atom. The Bertz CT molecular complexity index is 466. The van der Waals surface area contributed by atoms with Crippen LogP contribution >= 0.6 is 0 Å². The first-order valence-corrected chi connectivity index (χ1v) is 5.59. The van der Waals surface area contributed by atoms with Gasteiger partial charge in [-0.25, -0.2) is 4.39 Å². The molecule has 1 aromatic carbocycles. The molecule has 4 heteroatoms. The molecule has 0 atom stereocenters. The number of Topliss-reactive ketones (excluding diaryl/α,β-unsaturated/α-hetero) is 1. The van der Waals surface area contributed by atoms with Crippen molar-refractivity contribution in [3.8, 4) is 0 Å². The van der Waals surface area contributed by atoms with E-state index in [2.05, 4.69) is 5.32 Å². The van der Waals surface area contributed by atoms with Gasteiger partial charge in [0.15, 0.2) is 0 Å². The lowest BCUT2D eigenvalue weighted by molar-refractivity contribution is -0.136. The number of hydrogen-bond donors (Lipinski definition) is 1. The van der Waals surface area contributed by atoms with Crippen LogP contribution in [0.15, 0.2) is 24.3 Å². The second kappa shape index (κ2) is 4.28. The minimum atomic E-state index is -0.604. The highest BCUT2D eigenvalue weighted by Gasteiger charge is 2.46. The molecule has 0 saturated heterocycles. The van der Waals surface area contributed by atoms with Crippen LogP contribution < -0.4 is 5.32 Å². The van der Waals surface area contributed by atoms with E-state index in [0.717, 1.165) is 12.8 Å². The smallest absolute Gasteiger partial charge is 0.287 e. The van der Waals surface area contributed by atoms with Crippen LogP contribution in [0.4, 0.5) is 4.39 Å². The van der Waals surface area contributed by atoms with E-state index in [1.54, 1.807) is 18.2 Å². The number of nitrogens with one attached hydrogen (secondary N) is 1. The van der Waals surface area contributed by atoms with Gasteiger partial charge in [0.1, 0.15) is 5.82 Å². The fourth-order valence-electron chi connectivity index (χ4n) is 1.96. The third-order valence-corrected chi connectivity index (χ3v) is 3.21. The molecule has 90 valence electrons. The van der Waals surface area contributed by atoms with Crippen molar-refractivity contribution >= 4 is 11.7 Å². The summed E-state index contributed by atoms with van der Waals surface area (Å²) in [6.07, 6.45) is 1.68. The summed E-state index contributed by atoms with van der Waals surface area (Å²) in [5.41, 5.74) is 0.319. The molecule has 0 bridgehead atoms. The lowest BCUT2D eigenvalue weighted by Crippen LogP contribution is -2.36. The van der Waals surface area contributed by atoms with Crippen LogP contribution in [0.25, 0.3) is 0 Å². The lowest BCUT2D eigenvalue weighted by Gasteiger charge is -2.16. The average Bonchev–Trinajstić information content (AvgIpc) is 3.07. The summed E-state index contributed by atoms with van der Waals surface area (Å²) in [6, 6.07) is 6.58. The van der Waals surface area contributed by atoms with Gasteiger partial charge in [-0.2, -0.15) is 0 Å². The van der Waals surface area contributed by atoms with Crippen LogP contribution in [0.5, 0.6) is 0 Å². The van der Waals surface area contributed by atoms with Crippen molar-refractivity contribution in [2.24, 2.45) is 0 Å². The van der Waals surface area contributed by atoms with Gasteiger partial charge in [-0.15, -0.1) is 0 Å². The van der Waals surface area contributed by atoms with Gasteiger partial charge in [0.2, 0.25) is 5.78 Å². The Hall–Kier alpha value is -1.71. The first kappa shape index (κ1) is 11.8. The van der Waals surface area contributed by atoms with E-state index in [9.17, 15) is 14.0 Å². The lowest BCUT2D eigenvalue weighted by atomic mass is 9.95. The zero-order chi connectivity index (χ0) is 12.5. The van der Waals surface area contributed by atoms with Gasteiger partial charge in [-0.05, 0) is 24.5 Å². The van der Waals surface area contributed by atoms with Crippen molar-refractivity contribution in [3.05, 3.63) is 35.6 Å². The molecule has 1 saturated carbocycles. The third kappa shape index (κ3) is 2.35. The molecule has 0 heterocycles. The number of carbonyl (C=O) groups excluding carboxylic acids is 2. The van der Waals surface area contributed by atoms with Gasteiger partial charge < -0.3 is 5.32 Å². The Kier molecular flexibility index (Phi) is 2.96. The summed E-state index contributed by atoms with van der Waals surface area (Å²) in [5.74, 6) is -1.37. The van der Waals surface area contributed by atoms with Crippen molar-refractivity contribution in [2.45, 2.75) is 25.2 Å². The fraction of sp³-hybridized carbons (Fsp3) is 0.385. The molecule has 1 aromatic rings. The van der Waals surface area contributed by atoms with E-state index >= 15 is 0 Å². The predicted molar refractivity (Wildman–Crippen MR) is 61.0 cm³/mol. The summed E-state index contributed by atoms with van der Waals surface area (Å²) in [6.45, 7) is 1.55. The Balaban J connectivity index is 2.08. The van der Waals surface area contributed by atoms with Crippen molar-refractivity contribution in [1.82, 2.24) is 5.32 Å². The number of hydrogen-bond acceptors (Lipinski definition) is 2. The Morgan fingerprint density at radius 2 is 2.00 bits per heavy atom. The van der Waals surface area contributed by atoms with Crippen LogP contribution in [0, 0.1) is 5.82 Å². The van der Waals surface area contributed by atoms with Crippen LogP contribution in [-0.4, -0.2) is 18.2 Å². The summed E-state index contributed by atoms with van der Waals surface area (Å²) in [5, 5.41) is 2.56. The highest BCUT2D eigenvalue weighted by molar-refractivity contribution is 6.35. The van der Waals surface area contributed by atoms with Crippen molar-refractivity contribution in [2.75, 3.05) is 6.54 Å². The molecule has 3 nitrogen and oxygen atoms in total. The third-order valence-electron chi connectivity index (χ3n) is 3.21. The highest BCUT2D eigenvalue weighted by atomic mass is 19.1. The standard InChI is InChI=1S/C13H14FNO2/c1-9(16)12(17)15-8-13(6-7-13)10-4-2-3-5-11(10)14/h2-5H,6-8H2,1H3,(H,15,17). The number of ketones is 1. The maximum absolute atomic E-state index is 13.6. The van der Waals surface area contributed by atoms with Gasteiger partial charge >= 0.3 is 0 Å². The summed E-state index contributed by atoms with van der Waals surface area (Å²) in [4.78, 5) is 22.0. The fourth-order valence-corrected chi connectivity index (χ4v) is 1.96. The minimum absolute atomic E-state index is 0.248. The van der Waals surface area contributed by atoms with E-state index < -0.39 is 11.7 Å².